The predicted octanol–water partition coefficient (Wildman–Crippen LogP) is -1.27. The maximum absolute atomic E-state index is 11.7. The minimum Gasteiger partial charge on any atom is -0.394 e. The van der Waals surface area contributed by atoms with E-state index in [0.717, 1.165) is 0 Å². The number of nitrogens with one attached hydrogen (secondary N) is 1. The zero-order chi connectivity index (χ0) is 12.1. The molecule has 0 radical (unpaired) electrons. The number of rotatable bonds is 3. The van der Waals surface area contributed by atoms with E-state index in [4.69, 9.17) is 9.84 Å². The quantitative estimate of drug-likeness (QED) is 0.633. The van der Waals surface area contributed by atoms with Gasteiger partial charge < -0.3 is 20.1 Å². The Morgan fingerprint density at radius 1 is 1.50 bits per heavy atom. The van der Waals surface area contributed by atoms with Crippen LogP contribution in [0.3, 0.4) is 0 Å². The van der Waals surface area contributed by atoms with Gasteiger partial charge in [-0.2, -0.15) is 0 Å². The third kappa shape index (κ3) is 3.79. The van der Waals surface area contributed by atoms with Crippen molar-refractivity contribution in [3.8, 4) is 0 Å². The van der Waals surface area contributed by atoms with Gasteiger partial charge in [0.25, 0.3) is 0 Å². The Hall–Kier alpha value is -1.14. The summed E-state index contributed by atoms with van der Waals surface area (Å²) in [6.07, 6.45) is -0.419. The molecule has 1 aliphatic heterocycles. The van der Waals surface area contributed by atoms with Crippen LogP contribution in [-0.4, -0.2) is 60.3 Å². The lowest BCUT2D eigenvalue weighted by molar-refractivity contribution is -0.147. The summed E-state index contributed by atoms with van der Waals surface area (Å²) < 4.78 is 5.41. The molecule has 0 spiro atoms. The first kappa shape index (κ1) is 12.9. The van der Waals surface area contributed by atoms with Gasteiger partial charge in [-0.15, -0.1) is 0 Å². The number of aliphatic hydroxyl groups is 1. The second-order valence-corrected chi connectivity index (χ2v) is 3.96. The molecule has 0 saturated carbocycles. The van der Waals surface area contributed by atoms with E-state index in [1.807, 2.05) is 6.92 Å². The standard InChI is InChI=1S/C10H18N2O4/c1-7-4-12(5-9(6-13)16-7)10(15)3-11-8(2)14/h7,9,13H,3-6H2,1-2H3,(H,11,14). The van der Waals surface area contributed by atoms with Gasteiger partial charge in [-0.05, 0) is 6.92 Å². The minimum absolute atomic E-state index is 0.000200. The zero-order valence-electron chi connectivity index (χ0n) is 9.60. The largest absolute Gasteiger partial charge is 0.394 e. The highest BCUT2D eigenvalue weighted by atomic mass is 16.5. The van der Waals surface area contributed by atoms with Crippen molar-refractivity contribution in [2.24, 2.45) is 0 Å². The lowest BCUT2D eigenvalue weighted by atomic mass is 10.2. The monoisotopic (exact) mass is 230 g/mol. The van der Waals surface area contributed by atoms with Gasteiger partial charge in [0.1, 0.15) is 0 Å². The molecule has 0 aromatic rings. The van der Waals surface area contributed by atoms with Crippen LogP contribution in [0.4, 0.5) is 0 Å². The van der Waals surface area contributed by atoms with Crippen LogP contribution in [0.15, 0.2) is 0 Å². The number of carbonyl (C=O) groups is 2. The lowest BCUT2D eigenvalue weighted by Gasteiger charge is -2.36. The van der Waals surface area contributed by atoms with Crippen molar-refractivity contribution in [1.29, 1.82) is 0 Å². The van der Waals surface area contributed by atoms with E-state index < -0.39 is 0 Å². The van der Waals surface area contributed by atoms with E-state index >= 15 is 0 Å². The summed E-state index contributed by atoms with van der Waals surface area (Å²) in [5, 5.41) is 11.5. The summed E-state index contributed by atoms with van der Waals surface area (Å²) in [5.41, 5.74) is 0. The molecule has 6 nitrogen and oxygen atoms in total. The van der Waals surface area contributed by atoms with Crippen LogP contribution < -0.4 is 5.32 Å². The summed E-state index contributed by atoms with van der Waals surface area (Å²) in [7, 11) is 0. The Morgan fingerprint density at radius 2 is 2.19 bits per heavy atom. The van der Waals surface area contributed by atoms with Crippen molar-refractivity contribution < 1.29 is 19.4 Å². The van der Waals surface area contributed by atoms with Crippen LogP contribution >= 0.6 is 0 Å². The number of morpholine rings is 1. The molecule has 1 aliphatic rings. The van der Waals surface area contributed by atoms with Gasteiger partial charge in [0.2, 0.25) is 11.8 Å². The molecule has 0 aliphatic carbocycles. The van der Waals surface area contributed by atoms with Crippen molar-refractivity contribution in [2.75, 3.05) is 26.2 Å². The normalized spacial score (nSPS) is 25.3. The maximum atomic E-state index is 11.7. The number of hydrogen-bond acceptors (Lipinski definition) is 4. The zero-order valence-corrected chi connectivity index (χ0v) is 9.60. The third-order valence-electron chi connectivity index (χ3n) is 2.37. The Bertz CT molecular complexity index is 270. The summed E-state index contributed by atoms with van der Waals surface area (Å²) in [6, 6.07) is 0. The topological polar surface area (TPSA) is 78.9 Å². The van der Waals surface area contributed by atoms with E-state index in [2.05, 4.69) is 5.32 Å². The fraction of sp³-hybridized carbons (Fsp3) is 0.800. The molecular weight excluding hydrogens is 212 g/mol. The summed E-state index contributed by atoms with van der Waals surface area (Å²) in [4.78, 5) is 24.0. The van der Waals surface area contributed by atoms with Crippen LogP contribution in [0.5, 0.6) is 0 Å². The van der Waals surface area contributed by atoms with Gasteiger partial charge >= 0.3 is 0 Å². The third-order valence-corrected chi connectivity index (χ3v) is 2.37. The molecule has 1 saturated heterocycles. The van der Waals surface area contributed by atoms with E-state index in [-0.39, 0.29) is 37.2 Å². The number of hydrogen-bond donors (Lipinski definition) is 2. The van der Waals surface area contributed by atoms with E-state index in [9.17, 15) is 9.59 Å². The Balaban J connectivity index is 2.45. The second-order valence-electron chi connectivity index (χ2n) is 3.96. The molecule has 2 unspecified atom stereocenters. The van der Waals surface area contributed by atoms with Crippen LogP contribution in [0.2, 0.25) is 0 Å². The first-order valence-corrected chi connectivity index (χ1v) is 5.31. The van der Waals surface area contributed by atoms with Crippen LogP contribution in [0, 0.1) is 0 Å². The SMILES string of the molecule is CC(=O)NCC(=O)N1CC(C)OC(CO)C1. The van der Waals surface area contributed by atoms with E-state index in [0.29, 0.717) is 13.1 Å². The summed E-state index contributed by atoms with van der Waals surface area (Å²) in [6.45, 7) is 3.98. The molecule has 0 bridgehead atoms. The highest BCUT2D eigenvalue weighted by Gasteiger charge is 2.27. The number of amides is 2. The molecule has 1 fully saturated rings. The molecule has 16 heavy (non-hydrogen) atoms. The second kappa shape index (κ2) is 5.81. The molecule has 2 N–H and O–H groups in total. The molecule has 92 valence electrons. The average Bonchev–Trinajstić information content (AvgIpc) is 2.24. The Labute approximate surface area is 94.6 Å². The average molecular weight is 230 g/mol. The van der Waals surface area contributed by atoms with Crippen LogP contribution in [-0.2, 0) is 14.3 Å². The minimum atomic E-state index is -0.329. The molecule has 2 amide bonds. The number of nitrogens with zero attached hydrogens (tertiary/aromatic N) is 1. The van der Waals surface area contributed by atoms with Crippen molar-refractivity contribution in [3.63, 3.8) is 0 Å². The molecule has 0 aromatic heterocycles. The number of carbonyl (C=O) groups excluding carboxylic acids is 2. The number of ether oxygens (including phenoxy) is 1. The smallest absolute Gasteiger partial charge is 0.242 e. The van der Waals surface area contributed by atoms with Gasteiger partial charge in [0.05, 0.1) is 25.4 Å². The Morgan fingerprint density at radius 3 is 2.75 bits per heavy atom. The van der Waals surface area contributed by atoms with Crippen LogP contribution in [0.25, 0.3) is 0 Å². The molecule has 0 aromatic carbocycles. The van der Waals surface area contributed by atoms with Gasteiger partial charge in [-0.25, -0.2) is 0 Å². The first-order valence-electron chi connectivity index (χ1n) is 5.31. The molecule has 1 rings (SSSR count). The van der Waals surface area contributed by atoms with E-state index in [1.165, 1.54) is 6.92 Å². The molecular formula is C10H18N2O4. The van der Waals surface area contributed by atoms with Crippen LogP contribution in [0.1, 0.15) is 13.8 Å². The highest BCUT2D eigenvalue weighted by molar-refractivity contribution is 5.83. The van der Waals surface area contributed by atoms with E-state index in [1.54, 1.807) is 4.90 Å². The van der Waals surface area contributed by atoms with Gasteiger partial charge in [-0.3, -0.25) is 9.59 Å². The molecule has 2 atom stereocenters. The fourth-order valence-corrected chi connectivity index (χ4v) is 1.66. The van der Waals surface area contributed by atoms with Crippen molar-refractivity contribution in [1.82, 2.24) is 10.2 Å². The lowest BCUT2D eigenvalue weighted by Crippen LogP contribution is -2.52. The maximum Gasteiger partial charge on any atom is 0.242 e. The van der Waals surface area contributed by atoms with Crippen molar-refractivity contribution >= 4 is 11.8 Å². The Kier molecular flexibility index (Phi) is 4.70. The fourth-order valence-electron chi connectivity index (χ4n) is 1.66. The molecule has 1 heterocycles. The van der Waals surface area contributed by atoms with Gasteiger partial charge in [-0.1, -0.05) is 0 Å². The predicted molar refractivity (Wildman–Crippen MR) is 56.7 cm³/mol. The summed E-state index contributed by atoms with van der Waals surface area (Å²) >= 11 is 0. The highest BCUT2D eigenvalue weighted by Crippen LogP contribution is 2.10. The van der Waals surface area contributed by atoms with Crippen molar-refractivity contribution in [3.05, 3.63) is 0 Å². The van der Waals surface area contributed by atoms with Crippen molar-refractivity contribution in [2.45, 2.75) is 26.1 Å². The molecule has 6 heteroatoms. The first-order chi connectivity index (χ1) is 7.52. The van der Waals surface area contributed by atoms with Gasteiger partial charge in [0, 0.05) is 20.0 Å². The van der Waals surface area contributed by atoms with Gasteiger partial charge in [0.15, 0.2) is 0 Å². The summed E-state index contributed by atoms with van der Waals surface area (Å²) in [5.74, 6) is -0.378. The number of aliphatic hydroxyl groups excluding tert-OH is 1.